The summed E-state index contributed by atoms with van der Waals surface area (Å²) in [7, 11) is 0. The summed E-state index contributed by atoms with van der Waals surface area (Å²) in [5, 5.41) is 15.9. The van der Waals surface area contributed by atoms with E-state index in [0.717, 1.165) is 18.2 Å². The summed E-state index contributed by atoms with van der Waals surface area (Å²) in [4.78, 5) is 10.0. The van der Waals surface area contributed by atoms with E-state index in [1.165, 1.54) is 24.3 Å². The summed E-state index contributed by atoms with van der Waals surface area (Å²) < 4.78 is 38.0. The van der Waals surface area contributed by atoms with Crippen molar-refractivity contribution in [1.82, 2.24) is 0 Å². The van der Waals surface area contributed by atoms with E-state index in [0.29, 0.717) is 0 Å². The van der Waals surface area contributed by atoms with Crippen molar-refractivity contribution < 1.29 is 18.1 Å². The number of nitro benzene ring substituents is 1. The molecule has 2 aromatic rings. The summed E-state index contributed by atoms with van der Waals surface area (Å²) in [5.74, 6) is 0. The number of halogens is 4. The first-order valence-electron chi connectivity index (χ1n) is 6.36. The number of nitrogens with zero attached hydrogens (tertiary/aromatic N) is 1. The zero-order valence-electron chi connectivity index (χ0n) is 11.7. The van der Waals surface area contributed by atoms with Gasteiger partial charge in [-0.25, -0.2) is 0 Å². The van der Waals surface area contributed by atoms with Gasteiger partial charge in [-0.15, -0.1) is 0 Å². The van der Waals surface area contributed by atoms with E-state index >= 15 is 0 Å². The van der Waals surface area contributed by atoms with E-state index in [4.69, 9.17) is 23.8 Å². The van der Waals surface area contributed by atoms with E-state index < -0.39 is 16.7 Å². The number of rotatable bonds is 3. The molecule has 0 aromatic heterocycles. The number of nitro groups is 1. The summed E-state index contributed by atoms with van der Waals surface area (Å²) in [6.07, 6.45) is -4.46. The fraction of sp³-hybridized carbons (Fsp3) is 0.0714. The minimum Gasteiger partial charge on any atom is -0.332 e. The molecule has 0 aliphatic carbocycles. The van der Waals surface area contributed by atoms with Gasteiger partial charge in [-0.05, 0) is 36.5 Å². The second-order valence-corrected chi connectivity index (χ2v) is 5.39. The van der Waals surface area contributed by atoms with Crippen molar-refractivity contribution in [2.45, 2.75) is 6.18 Å². The lowest BCUT2D eigenvalue weighted by atomic mass is 10.2. The maximum Gasteiger partial charge on any atom is 0.416 e. The Morgan fingerprint density at radius 1 is 1.17 bits per heavy atom. The lowest BCUT2D eigenvalue weighted by Gasteiger charge is -2.13. The molecule has 0 saturated carbocycles. The normalized spacial score (nSPS) is 11.0. The van der Waals surface area contributed by atoms with Crippen molar-refractivity contribution in [3.8, 4) is 0 Å². The number of hydrogen-bond acceptors (Lipinski definition) is 3. The summed E-state index contributed by atoms with van der Waals surface area (Å²) in [6.45, 7) is 0. The number of nitrogens with one attached hydrogen (secondary N) is 2. The van der Waals surface area contributed by atoms with E-state index in [2.05, 4.69) is 10.6 Å². The Labute approximate surface area is 144 Å². The molecule has 24 heavy (non-hydrogen) atoms. The van der Waals surface area contributed by atoms with Crippen LogP contribution in [0, 0.1) is 10.1 Å². The lowest BCUT2D eigenvalue weighted by Crippen LogP contribution is -2.19. The van der Waals surface area contributed by atoms with Gasteiger partial charge in [-0.3, -0.25) is 10.1 Å². The van der Waals surface area contributed by atoms with Crippen LogP contribution in [-0.4, -0.2) is 10.0 Å². The molecule has 0 bridgehead atoms. The predicted molar refractivity (Wildman–Crippen MR) is 89.4 cm³/mol. The summed E-state index contributed by atoms with van der Waals surface area (Å²) >= 11 is 10.9. The van der Waals surface area contributed by atoms with Gasteiger partial charge in [0, 0.05) is 17.8 Å². The van der Waals surface area contributed by atoms with Crippen LogP contribution in [0.1, 0.15) is 5.56 Å². The van der Waals surface area contributed by atoms with E-state index in [-0.39, 0.29) is 27.2 Å². The highest BCUT2D eigenvalue weighted by Gasteiger charge is 2.30. The van der Waals surface area contributed by atoms with Gasteiger partial charge in [-0.2, -0.15) is 13.2 Å². The largest absolute Gasteiger partial charge is 0.416 e. The predicted octanol–water partition coefficient (Wildman–Crippen LogP) is 5.08. The Bertz CT molecular complexity index is 799. The molecule has 0 atom stereocenters. The van der Waals surface area contributed by atoms with Gasteiger partial charge in [0.15, 0.2) is 5.11 Å². The summed E-state index contributed by atoms with van der Waals surface area (Å²) in [6, 6.07) is 8.21. The molecule has 126 valence electrons. The highest BCUT2D eigenvalue weighted by Crippen LogP contribution is 2.31. The van der Waals surface area contributed by atoms with Crippen LogP contribution in [0.15, 0.2) is 42.5 Å². The van der Waals surface area contributed by atoms with Gasteiger partial charge in [0.25, 0.3) is 5.69 Å². The van der Waals surface area contributed by atoms with Gasteiger partial charge < -0.3 is 10.6 Å². The molecule has 0 unspecified atom stereocenters. The maximum absolute atomic E-state index is 12.7. The molecule has 0 saturated heterocycles. The standard InChI is InChI=1S/C14H9ClF3N3O2S/c15-11-7-10(21(22)23)4-5-12(11)20-13(24)19-9-3-1-2-8(6-9)14(16,17)18/h1-7H,(H2,19,20,24). The first kappa shape index (κ1) is 18.0. The van der Waals surface area contributed by atoms with Crippen molar-refractivity contribution in [2.75, 3.05) is 10.6 Å². The zero-order valence-corrected chi connectivity index (χ0v) is 13.3. The van der Waals surface area contributed by atoms with Crippen LogP contribution in [0.4, 0.5) is 30.2 Å². The Hall–Kier alpha value is -2.39. The molecule has 5 nitrogen and oxygen atoms in total. The summed E-state index contributed by atoms with van der Waals surface area (Å²) in [5.41, 5.74) is -0.585. The molecule has 0 fully saturated rings. The molecule has 0 amide bonds. The molecule has 10 heteroatoms. The zero-order chi connectivity index (χ0) is 17.9. The molecule has 2 aromatic carbocycles. The number of alkyl halides is 3. The Kier molecular flexibility index (Phi) is 5.25. The van der Waals surface area contributed by atoms with Crippen LogP contribution < -0.4 is 10.6 Å². The Morgan fingerprint density at radius 3 is 2.46 bits per heavy atom. The first-order chi connectivity index (χ1) is 11.2. The number of hydrogen-bond donors (Lipinski definition) is 2. The average Bonchev–Trinajstić information content (AvgIpc) is 2.48. The average molecular weight is 376 g/mol. The van der Waals surface area contributed by atoms with Crippen LogP contribution in [0.5, 0.6) is 0 Å². The molecule has 0 radical (unpaired) electrons. The number of benzene rings is 2. The maximum atomic E-state index is 12.7. The topological polar surface area (TPSA) is 67.2 Å². The molecule has 2 rings (SSSR count). The van der Waals surface area contributed by atoms with Crippen LogP contribution in [-0.2, 0) is 6.18 Å². The third kappa shape index (κ3) is 4.56. The quantitative estimate of drug-likeness (QED) is 0.445. The molecule has 0 aliphatic heterocycles. The Balaban J connectivity index is 2.10. The van der Waals surface area contributed by atoms with Crippen molar-refractivity contribution in [1.29, 1.82) is 0 Å². The van der Waals surface area contributed by atoms with E-state index in [9.17, 15) is 23.3 Å². The molecule has 2 N–H and O–H groups in total. The lowest BCUT2D eigenvalue weighted by molar-refractivity contribution is -0.384. The van der Waals surface area contributed by atoms with Gasteiger partial charge in [0.2, 0.25) is 0 Å². The molecule has 0 aliphatic rings. The van der Waals surface area contributed by atoms with Crippen LogP contribution in [0.2, 0.25) is 5.02 Å². The van der Waals surface area contributed by atoms with Crippen molar-refractivity contribution in [2.24, 2.45) is 0 Å². The van der Waals surface area contributed by atoms with E-state index in [1.807, 2.05) is 0 Å². The second-order valence-electron chi connectivity index (χ2n) is 4.58. The molecule has 0 spiro atoms. The van der Waals surface area contributed by atoms with Gasteiger partial charge in [-0.1, -0.05) is 17.7 Å². The second kappa shape index (κ2) is 7.02. The van der Waals surface area contributed by atoms with Crippen LogP contribution in [0.25, 0.3) is 0 Å². The third-order valence-corrected chi connectivity index (χ3v) is 3.38. The fourth-order valence-corrected chi connectivity index (χ4v) is 2.23. The van der Waals surface area contributed by atoms with Crippen molar-refractivity contribution in [3.63, 3.8) is 0 Å². The van der Waals surface area contributed by atoms with E-state index in [1.54, 1.807) is 0 Å². The van der Waals surface area contributed by atoms with Crippen LogP contribution in [0.3, 0.4) is 0 Å². The van der Waals surface area contributed by atoms with Crippen molar-refractivity contribution in [3.05, 3.63) is 63.2 Å². The molecule has 0 heterocycles. The monoisotopic (exact) mass is 375 g/mol. The number of non-ortho nitro benzene ring substituents is 1. The minimum atomic E-state index is -4.46. The number of anilines is 2. The van der Waals surface area contributed by atoms with Gasteiger partial charge >= 0.3 is 6.18 Å². The van der Waals surface area contributed by atoms with Gasteiger partial charge in [0.05, 0.1) is 21.2 Å². The third-order valence-electron chi connectivity index (χ3n) is 2.86. The fourth-order valence-electron chi connectivity index (χ4n) is 1.78. The van der Waals surface area contributed by atoms with Crippen molar-refractivity contribution >= 4 is 46.0 Å². The number of thiocarbonyl (C=S) groups is 1. The minimum absolute atomic E-state index is 0.00919. The van der Waals surface area contributed by atoms with Crippen LogP contribution >= 0.6 is 23.8 Å². The highest BCUT2D eigenvalue weighted by atomic mass is 35.5. The first-order valence-corrected chi connectivity index (χ1v) is 7.14. The highest BCUT2D eigenvalue weighted by molar-refractivity contribution is 7.80. The molecular weight excluding hydrogens is 367 g/mol. The molecular formula is C14H9ClF3N3O2S. The Morgan fingerprint density at radius 2 is 1.88 bits per heavy atom. The smallest absolute Gasteiger partial charge is 0.332 e. The SMILES string of the molecule is O=[N+]([O-])c1ccc(NC(=S)Nc2cccc(C(F)(F)F)c2)c(Cl)c1. The van der Waals surface area contributed by atoms with Gasteiger partial charge in [0.1, 0.15) is 0 Å².